The molecule has 0 saturated heterocycles. The van der Waals surface area contributed by atoms with Crippen LogP contribution in [-0.4, -0.2) is 15.4 Å². The summed E-state index contributed by atoms with van der Waals surface area (Å²) in [6, 6.07) is 0.437. The molecule has 0 aliphatic heterocycles. The number of rotatable bonds is 2. The Labute approximate surface area is 64.7 Å². The Kier molecular flexibility index (Phi) is 2.21. The molecular weight excluding hydrogens is 146 g/mol. The van der Waals surface area contributed by atoms with E-state index in [1.807, 2.05) is 6.92 Å². The Hall–Kier alpha value is -0.640. The number of aromatic nitrogens is 2. The van der Waals surface area contributed by atoms with Gasteiger partial charge >= 0.3 is 0 Å². The van der Waals surface area contributed by atoms with Gasteiger partial charge in [0.2, 0.25) is 5.13 Å². The average Bonchev–Trinajstić information content (AvgIpc) is 2.13. The van der Waals surface area contributed by atoms with Crippen LogP contribution in [0.1, 0.15) is 19.7 Å². The van der Waals surface area contributed by atoms with Gasteiger partial charge < -0.3 is 5.32 Å². The molecule has 0 aromatic carbocycles. The van der Waals surface area contributed by atoms with Crippen molar-refractivity contribution in [3.05, 3.63) is 5.82 Å². The van der Waals surface area contributed by atoms with E-state index in [1.165, 1.54) is 11.5 Å². The number of anilines is 1. The highest BCUT2D eigenvalue weighted by molar-refractivity contribution is 7.09. The van der Waals surface area contributed by atoms with Gasteiger partial charge in [0.25, 0.3) is 0 Å². The van der Waals surface area contributed by atoms with Gasteiger partial charge in [0.05, 0.1) is 0 Å². The summed E-state index contributed by atoms with van der Waals surface area (Å²) in [5, 5.41) is 4.08. The highest BCUT2D eigenvalue weighted by Crippen LogP contribution is 2.10. The number of hydrogen-bond acceptors (Lipinski definition) is 4. The highest BCUT2D eigenvalue weighted by Gasteiger charge is 1.99. The van der Waals surface area contributed by atoms with Crippen molar-refractivity contribution in [2.24, 2.45) is 0 Å². The van der Waals surface area contributed by atoms with E-state index in [0.29, 0.717) is 6.04 Å². The normalized spacial score (nSPS) is 10.4. The third-order valence-corrected chi connectivity index (χ3v) is 1.68. The van der Waals surface area contributed by atoms with Crippen LogP contribution in [0.2, 0.25) is 0 Å². The fraction of sp³-hybridized carbons (Fsp3) is 0.667. The molecule has 10 heavy (non-hydrogen) atoms. The van der Waals surface area contributed by atoms with Crippen molar-refractivity contribution < 1.29 is 0 Å². The molecule has 1 heterocycles. The Morgan fingerprint density at radius 1 is 1.50 bits per heavy atom. The van der Waals surface area contributed by atoms with Crippen LogP contribution in [0.5, 0.6) is 0 Å². The monoisotopic (exact) mass is 157 g/mol. The standard InChI is InChI=1S/C6H11N3S/c1-4(2)7-6-8-5(3)9-10-6/h4H,1-3H3,(H,7,8,9). The van der Waals surface area contributed by atoms with Crippen molar-refractivity contribution >= 4 is 16.7 Å². The van der Waals surface area contributed by atoms with E-state index >= 15 is 0 Å². The fourth-order valence-corrected chi connectivity index (χ4v) is 1.32. The summed E-state index contributed by atoms with van der Waals surface area (Å²) >= 11 is 1.41. The van der Waals surface area contributed by atoms with Crippen molar-refractivity contribution in [2.45, 2.75) is 26.8 Å². The van der Waals surface area contributed by atoms with E-state index < -0.39 is 0 Å². The number of aryl methyl sites for hydroxylation is 1. The molecule has 1 N–H and O–H groups in total. The first-order valence-electron chi connectivity index (χ1n) is 3.25. The summed E-state index contributed by atoms with van der Waals surface area (Å²) in [4.78, 5) is 4.15. The van der Waals surface area contributed by atoms with E-state index in [0.717, 1.165) is 11.0 Å². The van der Waals surface area contributed by atoms with Crippen molar-refractivity contribution in [2.75, 3.05) is 5.32 Å². The molecule has 3 nitrogen and oxygen atoms in total. The van der Waals surface area contributed by atoms with Crippen molar-refractivity contribution in [3.8, 4) is 0 Å². The number of nitrogens with zero attached hydrogens (tertiary/aromatic N) is 2. The molecule has 0 aliphatic rings. The number of hydrogen-bond donors (Lipinski definition) is 1. The molecule has 1 rings (SSSR count). The summed E-state index contributed by atoms with van der Waals surface area (Å²) in [5.41, 5.74) is 0. The Bertz CT molecular complexity index is 207. The van der Waals surface area contributed by atoms with Gasteiger partial charge in [-0.1, -0.05) is 0 Å². The van der Waals surface area contributed by atoms with Gasteiger partial charge in [0, 0.05) is 17.6 Å². The summed E-state index contributed by atoms with van der Waals surface area (Å²) in [6.45, 7) is 6.05. The van der Waals surface area contributed by atoms with Crippen LogP contribution >= 0.6 is 11.5 Å². The topological polar surface area (TPSA) is 37.8 Å². The predicted molar refractivity (Wildman–Crippen MR) is 43.4 cm³/mol. The van der Waals surface area contributed by atoms with Crippen LogP contribution in [0.3, 0.4) is 0 Å². The van der Waals surface area contributed by atoms with Crippen molar-refractivity contribution in [1.82, 2.24) is 9.36 Å². The molecule has 0 radical (unpaired) electrons. The van der Waals surface area contributed by atoms with E-state index in [-0.39, 0.29) is 0 Å². The molecule has 0 aliphatic carbocycles. The maximum atomic E-state index is 4.15. The van der Waals surface area contributed by atoms with Crippen LogP contribution in [0.15, 0.2) is 0 Å². The Balaban J connectivity index is 2.58. The molecule has 1 aromatic rings. The molecule has 0 fully saturated rings. The summed E-state index contributed by atoms with van der Waals surface area (Å²) < 4.78 is 4.04. The molecule has 0 saturated carbocycles. The lowest BCUT2D eigenvalue weighted by Gasteiger charge is -2.02. The molecular formula is C6H11N3S. The quantitative estimate of drug-likeness (QED) is 0.709. The molecule has 0 spiro atoms. The van der Waals surface area contributed by atoms with E-state index in [9.17, 15) is 0 Å². The summed E-state index contributed by atoms with van der Waals surface area (Å²) in [7, 11) is 0. The van der Waals surface area contributed by atoms with Gasteiger partial charge in [-0.25, -0.2) is 4.98 Å². The third kappa shape index (κ3) is 1.95. The van der Waals surface area contributed by atoms with E-state index in [2.05, 4.69) is 28.5 Å². The SMILES string of the molecule is Cc1nsc(NC(C)C)n1. The van der Waals surface area contributed by atoms with Crippen LogP contribution in [0.25, 0.3) is 0 Å². The zero-order valence-corrected chi connectivity index (χ0v) is 7.20. The number of nitrogens with one attached hydrogen (secondary N) is 1. The van der Waals surface area contributed by atoms with Gasteiger partial charge in [-0.15, -0.1) is 0 Å². The molecule has 4 heteroatoms. The van der Waals surface area contributed by atoms with E-state index in [4.69, 9.17) is 0 Å². The largest absolute Gasteiger partial charge is 0.358 e. The lowest BCUT2D eigenvalue weighted by Crippen LogP contribution is -2.08. The zero-order valence-electron chi connectivity index (χ0n) is 6.38. The van der Waals surface area contributed by atoms with Crippen LogP contribution in [-0.2, 0) is 0 Å². The molecule has 0 amide bonds. The molecule has 1 aromatic heterocycles. The maximum Gasteiger partial charge on any atom is 0.202 e. The minimum atomic E-state index is 0.437. The Morgan fingerprint density at radius 2 is 2.20 bits per heavy atom. The molecule has 0 bridgehead atoms. The molecule has 0 atom stereocenters. The van der Waals surface area contributed by atoms with Gasteiger partial charge in [-0.2, -0.15) is 4.37 Å². The average molecular weight is 157 g/mol. The smallest absolute Gasteiger partial charge is 0.202 e. The fourth-order valence-electron chi connectivity index (χ4n) is 0.603. The first-order chi connectivity index (χ1) is 4.68. The minimum Gasteiger partial charge on any atom is -0.358 e. The van der Waals surface area contributed by atoms with E-state index in [1.54, 1.807) is 0 Å². The van der Waals surface area contributed by atoms with Gasteiger partial charge in [-0.3, -0.25) is 0 Å². The van der Waals surface area contributed by atoms with Crippen molar-refractivity contribution in [1.29, 1.82) is 0 Å². The predicted octanol–water partition coefficient (Wildman–Crippen LogP) is 1.67. The Morgan fingerprint density at radius 3 is 2.60 bits per heavy atom. The van der Waals surface area contributed by atoms with Crippen molar-refractivity contribution in [3.63, 3.8) is 0 Å². The minimum absolute atomic E-state index is 0.437. The highest BCUT2D eigenvalue weighted by atomic mass is 32.1. The second-order valence-corrected chi connectivity index (χ2v) is 3.20. The van der Waals surface area contributed by atoms with Gasteiger partial charge in [-0.05, 0) is 20.8 Å². The molecule has 56 valence electrons. The van der Waals surface area contributed by atoms with Crippen LogP contribution in [0, 0.1) is 6.92 Å². The summed E-state index contributed by atoms with van der Waals surface area (Å²) in [6.07, 6.45) is 0. The van der Waals surface area contributed by atoms with Crippen LogP contribution in [0.4, 0.5) is 5.13 Å². The van der Waals surface area contributed by atoms with Crippen LogP contribution < -0.4 is 5.32 Å². The van der Waals surface area contributed by atoms with Gasteiger partial charge in [0.1, 0.15) is 5.82 Å². The lowest BCUT2D eigenvalue weighted by atomic mass is 10.4. The third-order valence-electron chi connectivity index (χ3n) is 0.940. The molecule has 0 unspecified atom stereocenters. The first kappa shape index (κ1) is 7.47. The second-order valence-electron chi connectivity index (χ2n) is 2.45. The second kappa shape index (κ2) is 2.96. The maximum absolute atomic E-state index is 4.15. The first-order valence-corrected chi connectivity index (χ1v) is 4.02. The zero-order chi connectivity index (χ0) is 7.56. The lowest BCUT2D eigenvalue weighted by molar-refractivity contribution is 0.894. The van der Waals surface area contributed by atoms with Gasteiger partial charge in [0.15, 0.2) is 0 Å². The summed E-state index contributed by atoms with van der Waals surface area (Å²) in [5.74, 6) is 0.841.